The lowest BCUT2D eigenvalue weighted by atomic mass is 9.89. The molecule has 110 valence electrons. The average molecular weight is 282 g/mol. The third-order valence-corrected chi connectivity index (χ3v) is 6.02. The van der Waals surface area contributed by atoms with Gasteiger partial charge in [0.05, 0.1) is 0 Å². The van der Waals surface area contributed by atoms with E-state index < -0.39 is 0 Å². The molecular formula is C19H22O2. The predicted octanol–water partition coefficient (Wildman–Crippen LogP) is 4.14. The van der Waals surface area contributed by atoms with Crippen molar-refractivity contribution in [1.82, 2.24) is 0 Å². The molecule has 1 spiro atoms. The Bertz CT molecular complexity index is 632. The molecule has 2 nitrogen and oxygen atoms in total. The minimum atomic E-state index is -0.353. The Morgan fingerprint density at radius 1 is 1.29 bits per heavy atom. The van der Waals surface area contributed by atoms with Crippen LogP contribution in [-0.4, -0.2) is 5.97 Å². The highest BCUT2D eigenvalue weighted by atomic mass is 16.6. The van der Waals surface area contributed by atoms with E-state index in [4.69, 9.17) is 4.74 Å². The molecule has 2 saturated carbocycles. The van der Waals surface area contributed by atoms with Gasteiger partial charge in [-0.1, -0.05) is 37.3 Å². The van der Waals surface area contributed by atoms with Crippen LogP contribution in [0.3, 0.4) is 0 Å². The molecule has 0 amide bonds. The highest BCUT2D eigenvalue weighted by molar-refractivity contribution is 5.88. The fourth-order valence-electron chi connectivity index (χ4n) is 5.21. The van der Waals surface area contributed by atoms with Crippen molar-refractivity contribution >= 4 is 5.97 Å². The van der Waals surface area contributed by atoms with Crippen molar-refractivity contribution in [3.05, 3.63) is 47.5 Å². The molecule has 1 aromatic carbocycles. The first-order chi connectivity index (χ1) is 10.1. The zero-order chi connectivity index (χ0) is 14.7. The summed E-state index contributed by atoms with van der Waals surface area (Å²) in [6.45, 7) is 5.51. The normalized spacial score (nSPS) is 36.0. The van der Waals surface area contributed by atoms with Crippen molar-refractivity contribution in [2.24, 2.45) is 11.3 Å². The van der Waals surface area contributed by atoms with Crippen molar-refractivity contribution in [2.45, 2.75) is 51.0 Å². The van der Waals surface area contributed by atoms with E-state index in [9.17, 15) is 4.79 Å². The summed E-state index contributed by atoms with van der Waals surface area (Å²) in [5.41, 5.74) is 3.02. The van der Waals surface area contributed by atoms with Crippen LogP contribution < -0.4 is 0 Å². The number of ether oxygens (including phenoxy) is 1. The number of rotatable bonds is 2. The number of hydrogen-bond acceptors (Lipinski definition) is 2. The van der Waals surface area contributed by atoms with Gasteiger partial charge in [0.1, 0.15) is 5.60 Å². The lowest BCUT2D eigenvalue weighted by Gasteiger charge is -2.27. The molecule has 0 aromatic heterocycles. The zero-order valence-corrected chi connectivity index (χ0v) is 12.7. The molecule has 0 N–H and O–H groups in total. The van der Waals surface area contributed by atoms with Gasteiger partial charge in [0.25, 0.3) is 0 Å². The maximum atomic E-state index is 12.3. The second-order valence-electron chi connectivity index (χ2n) is 7.02. The molecule has 0 heterocycles. The van der Waals surface area contributed by atoms with Crippen LogP contribution in [0.25, 0.3) is 0 Å². The number of hydrogen-bond donors (Lipinski definition) is 0. The third-order valence-electron chi connectivity index (χ3n) is 6.02. The summed E-state index contributed by atoms with van der Waals surface area (Å²) in [6.07, 6.45) is 7.18. The summed E-state index contributed by atoms with van der Waals surface area (Å²) in [7, 11) is 0. The highest BCUT2D eigenvalue weighted by Crippen LogP contribution is 2.80. The van der Waals surface area contributed by atoms with E-state index in [1.54, 1.807) is 6.92 Å². The molecule has 1 aromatic rings. The number of carbonyl (C=O) groups is 1. The number of fused-ring (bicyclic) bond motifs is 3. The summed E-state index contributed by atoms with van der Waals surface area (Å²) in [5.74, 6) is 0.301. The largest absolute Gasteiger partial charge is 0.450 e. The molecule has 0 saturated heterocycles. The molecule has 3 aliphatic carbocycles. The van der Waals surface area contributed by atoms with E-state index in [2.05, 4.69) is 30.8 Å². The van der Waals surface area contributed by atoms with Crippen molar-refractivity contribution in [2.75, 3.05) is 0 Å². The Labute approximate surface area is 126 Å². The maximum Gasteiger partial charge on any atom is 0.334 e. The first kappa shape index (κ1) is 13.1. The zero-order valence-electron chi connectivity index (χ0n) is 12.7. The van der Waals surface area contributed by atoms with E-state index in [1.807, 2.05) is 0 Å². The minimum Gasteiger partial charge on any atom is -0.450 e. The Hall–Kier alpha value is -1.57. The summed E-state index contributed by atoms with van der Waals surface area (Å²) < 4.78 is 6.14. The maximum absolute atomic E-state index is 12.3. The number of benzene rings is 1. The molecule has 4 rings (SSSR count). The van der Waals surface area contributed by atoms with Crippen molar-refractivity contribution in [3.8, 4) is 0 Å². The van der Waals surface area contributed by atoms with Gasteiger partial charge in [-0.3, -0.25) is 0 Å². The van der Waals surface area contributed by atoms with Crippen LogP contribution in [0, 0.1) is 11.3 Å². The molecule has 2 fully saturated rings. The van der Waals surface area contributed by atoms with Crippen molar-refractivity contribution in [1.29, 1.82) is 0 Å². The molecule has 3 unspecified atom stereocenters. The molecule has 21 heavy (non-hydrogen) atoms. The molecule has 3 atom stereocenters. The van der Waals surface area contributed by atoms with E-state index in [0.717, 1.165) is 6.42 Å². The Morgan fingerprint density at radius 3 is 2.86 bits per heavy atom. The monoisotopic (exact) mass is 282 g/mol. The Kier molecular flexibility index (Phi) is 2.64. The van der Waals surface area contributed by atoms with Gasteiger partial charge in [-0.2, -0.15) is 0 Å². The van der Waals surface area contributed by atoms with Gasteiger partial charge in [0, 0.05) is 16.9 Å². The Balaban J connectivity index is 1.84. The smallest absolute Gasteiger partial charge is 0.334 e. The van der Waals surface area contributed by atoms with Crippen LogP contribution in [0.5, 0.6) is 0 Å². The van der Waals surface area contributed by atoms with Gasteiger partial charge in [-0.25, -0.2) is 4.79 Å². The van der Waals surface area contributed by atoms with Crippen LogP contribution in [0.4, 0.5) is 0 Å². The fourth-order valence-corrected chi connectivity index (χ4v) is 5.21. The van der Waals surface area contributed by atoms with Crippen LogP contribution in [-0.2, 0) is 21.6 Å². The van der Waals surface area contributed by atoms with E-state index in [1.165, 1.54) is 43.2 Å². The van der Waals surface area contributed by atoms with Crippen LogP contribution in [0.1, 0.15) is 50.2 Å². The highest BCUT2D eigenvalue weighted by Gasteiger charge is 2.81. The number of esters is 1. The van der Waals surface area contributed by atoms with Gasteiger partial charge in [0.2, 0.25) is 0 Å². The van der Waals surface area contributed by atoms with Gasteiger partial charge < -0.3 is 4.74 Å². The molecule has 2 heteroatoms. The van der Waals surface area contributed by atoms with Crippen LogP contribution in [0.15, 0.2) is 36.4 Å². The lowest BCUT2D eigenvalue weighted by molar-refractivity contribution is -0.151. The van der Waals surface area contributed by atoms with E-state index in [-0.39, 0.29) is 17.0 Å². The minimum absolute atomic E-state index is 0.213. The molecule has 3 aliphatic rings. The quantitative estimate of drug-likeness (QED) is 0.602. The summed E-state index contributed by atoms with van der Waals surface area (Å²) in [4.78, 5) is 12.3. The second-order valence-corrected chi connectivity index (χ2v) is 7.02. The number of aryl methyl sites for hydroxylation is 1. The first-order valence-electron chi connectivity index (χ1n) is 8.09. The molecular weight excluding hydrogens is 260 g/mol. The molecule has 0 radical (unpaired) electrons. The van der Waals surface area contributed by atoms with Crippen molar-refractivity contribution in [3.63, 3.8) is 0 Å². The number of carbonyl (C=O) groups excluding carboxylic acids is 1. The third kappa shape index (κ3) is 1.51. The van der Waals surface area contributed by atoms with Crippen molar-refractivity contribution < 1.29 is 9.53 Å². The summed E-state index contributed by atoms with van der Waals surface area (Å²) in [5, 5.41) is 0. The standard InChI is InChI=1S/C19H22O2/c1-13(2)17(20)21-19-15-9-4-3-7-14(15)8-5-11-18(19)12-6-10-16(18)19/h3-4,7,9,16H,1,5-6,8,10-12H2,2H3. The van der Waals surface area contributed by atoms with E-state index >= 15 is 0 Å². The van der Waals surface area contributed by atoms with Gasteiger partial charge >= 0.3 is 5.97 Å². The van der Waals surface area contributed by atoms with E-state index in [0.29, 0.717) is 11.5 Å². The van der Waals surface area contributed by atoms with Gasteiger partial charge in [-0.15, -0.1) is 0 Å². The topological polar surface area (TPSA) is 26.3 Å². The first-order valence-corrected chi connectivity index (χ1v) is 8.09. The fraction of sp³-hybridized carbons (Fsp3) is 0.526. The van der Waals surface area contributed by atoms with Gasteiger partial charge in [0.15, 0.2) is 0 Å². The van der Waals surface area contributed by atoms with Crippen LogP contribution in [0.2, 0.25) is 0 Å². The SMILES string of the molecule is C=C(C)C(=O)OC12c3ccccc3CCCC13CCCC32. The van der Waals surface area contributed by atoms with Crippen LogP contribution >= 0.6 is 0 Å². The molecule has 0 aliphatic heterocycles. The summed E-state index contributed by atoms with van der Waals surface area (Å²) in [6, 6.07) is 8.58. The summed E-state index contributed by atoms with van der Waals surface area (Å²) >= 11 is 0. The van der Waals surface area contributed by atoms with Gasteiger partial charge in [-0.05, 0) is 50.2 Å². The lowest BCUT2D eigenvalue weighted by Crippen LogP contribution is -2.27. The molecule has 0 bridgehead atoms. The Morgan fingerprint density at radius 2 is 2.05 bits per heavy atom. The predicted molar refractivity (Wildman–Crippen MR) is 81.7 cm³/mol. The second kappa shape index (κ2) is 4.22. The average Bonchev–Trinajstić information content (AvgIpc) is 2.79.